The van der Waals surface area contributed by atoms with Crippen molar-refractivity contribution in [3.63, 3.8) is 0 Å². The van der Waals surface area contributed by atoms with Gasteiger partial charge in [-0.3, -0.25) is 9.78 Å². The highest BCUT2D eigenvalue weighted by Gasteiger charge is 2.22. The van der Waals surface area contributed by atoms with Crippen LogP contribution >= 0.6 is 0 Å². The Bertz CT molecular complexity index is 830. The third-order valence-electron chi connectivity index (χ3n) is 5.57. The number of carboxylic acid groups (broad SMARTS) is 1. The number of benzene rings is 1. The maximum Gasteiger partial charge on any atom is 0.404 e. The van der Waals surface area contributed by atoms with Gasteiger partial charge in [-0.15, -0.1) is 0 Å². The first-order valence-electron chi connectivity index (χ1n) is 10.1. The first kappa shape index (κ1) is 20.8. The highest BCUT2D eigenvalue weighted by atomic mass is 16.4. The van der Waals surface area contributed by atoms with Gasteiger partial charge in [-0.05, 0) is 55.2 Å². The number of nitrogens with one attached hydrogen (secondary N) is 2. The second kappa shape index (κ2) is 10.0. The zero-order valence-electron chi connectivity index (χ0n) is 16.4. The van der Waals surface area contributed by atoms with E-state index in [-0.39, 0.29) is 5.91 Å². The molecule has 3 rings (SSSR count). The van der Waals surface area contributed by atoms with Crippen molar-refractivity contribution >= 4 is 12.0 Å². The van der Waals surface area contributed by atoms with Crippen LogP contribution in [-0.2, 0) is 6.54 Å². The average molecular weight is 396 g/mol. The normalized spacial score (nSPS) is 18.8. The first-order valence-corrected chi connectivity index (χ1v) is 10.1. The standard InChI is InChI=1S/C22H28N4O3/c23-12-15-5-7-18(8-6-15)20-11-19(9-10-24-20)21(27)25-13-16-1-3-17(4-2-16)14-26-22(28)29/h5-11,16-17,26H,1-4,12-14,23H2,(H,25,27)(H,28,29). The summed E-state index contributed by atoms with van der Waals surface area (Å²) in [6.07, 6.45) is 4.66. The van der Waals surface area contributed by atoms with Crippen LogP contribution in [0.4, 0.5) is 4.79 Å². The zero-order valence-corrected chi connectivity index (χ0v) is 16.4. The van der Waals surface area contributed by atoms with Crippen LogP contribution in [0.5, 0.6) is 0 Å². The molecule has 1 heterocycles. The Morgan fingerprint density at radius 3 is 2.21 bits per heavy atom. The highest BCUT2D eigenvalue weighted by Crippen LogP contribution is 2.28. The van der Waals surface area contributed by atoms with E-state index in [1.54, 1.807) is 18.3 Å². The van der Waals surface area contributed by atoms with Gasteiger partial charge in [-0.1, -0.05) is 24.3 Å². The molecule has 0 atom stereocenters. The molecule has 2 amide bonds. The SMILES string of the molecule is NCc1ccc(-c2cc(C(=O)NCC3CCC(CNC(=O)O)CC3)ccn2)cc1. The van der Waals surface area contributed by atoms with Gasteiger partial charge in [-0.25, -0.2) is 4.79 Å². The summed E-state index contributed by atoms with van der Waals surface area (Å²) in [6, 6.07) is 11.4. The van der Waals surface area contributed by atoms with Crippen LogP contribution in [0.15, 0.2) is 42.6 Å². The Hall–Kier alpha value is -2.93. The van der Waals surface area contributed by atoms with Crippen molar-refractivity contribution in [3.8, 4) is 11.3 Å². The lowest BCUT2D eigenvalue weighted by molar-refractivity contribution is 0.0940. The van der Waals surface area contributed by atoms with Crippen LogP contribution in [0.25, 0.3) is 11.3 Å². The molecule has 0 spiro atoms. The molecular formula is C22H28N4O3. The fraction of sp³-hybridized carbons (Fsp3) is 0.409. The van der Waals surface area contributed by atoms with E-state index in [4.69, 9.17) is 10.8 Å². The van der Waals surface area contributed by atoms with Gasteiger partial charge < -0.3 is 21.5 Å². The molecule has 7 heteroatoms. The molecular weight excluding hydrogens is 368 g/mol. The van der Waals surface area contributed by atoms with E-state index in [1.807, 2.05) is 24.3 Å². The molecule has 1 fully saturated rings. The fourth-order valence-corrected chi connectivity index (χ4v) is 3.75. The lowest BCUT2D eigenvalue weighted by Gasteiger charge is -2.28. The molecule has 1 saturated carbocycles. The smallest absolute Gasteiger partial charge is 0.404 e. The van der Waals surface area contributed by atoms with E-state index >= 15 is 0 Å². The molecule has 1 aromatic heterocycles. The van der Waals surface area contributed by atoms with E-state index < -0.39 is 6.09 Å². The predicted molar refractivity (Wildman–Crippen MR) is 111 cm³/mol. The third-order valence-corrected chi connectivity index (χ3v) is 5.57. The first-order chi connectivity index (χ1) is 14.0. The largest absolute Gasteiger partial charge is 0.465 e. The average Bonchev–Trinajstić information content (AvgIpc) is 2.77. The summed E-state index contributed by atoms with van der Waals surface area (Å²) >= 11 is 0. The van der Waals surface area contributed by atoms with Gasteiger partial charge in [0.25, 0.3) is 5.91 Å². The topological polar surface area (TPSA) is 117 Å². The van der Waals surface area contributed by atoms with Crippen molar-refractivity contribution < 1.29 is 14.7 Å². The second-order valence-corrected chi connectivity index (χ2v) is 7.61. The van der Waals surface area contributed by atoms with Gasteiger partial charge in [0.05, 0.1) is 5.69 Å². The number of nitrogens with zero attached hydrogens (tertiary/aromatic N) is 1. The van der Waals surface area contributed by atoms with Gasteiger partial charge in [0.2, 0.25) is 0 Å². The van der Waals surface area contributed by atoms with Crippen molar-refractivity contribution in [1.29, 1.82) is 0 Å². The van der Waals surface area contributed by atoms with Crippen molar-refractivity contribution in [3.05, 3.63) is 53.7 Å². The molecule has 0 saturated heterocycles. The van der Waals surface area contributed by atoms with Crippen LogP contribution in [0.1, 0.15) is 41.6 Å². The summed E-state index contributed by atoms with van der Waals surface area (Å²) in [5.41, 5.74) is 8.99. The number of hydrogen-bond donors (Lipinski definition) is 4. The third kappa shape index (κ3) is 6.02. The monoisotopic (exact) mass is 396 g/mol. The van der Waals surface area contributed by atoms with E-state index in [0.717, 1.165) is 42.5 Å². The lowest BCUT2D eigenvalue weighted by Crippen LogP contribution is -2.34. The molecule has 0 unspecified atom stereocenters. The Balaban J connectivity index is 1.50. The second-order valence-electron chi connectivity index (χ2n) is 7.61. The van der Waals surface area contributed by atoms with Crippen molar-refractivity contribution in [1.82, 2.24) is 15.6 Å². The fourth-order valence-electron chi connectivity index (χ4n) is 3.75. The van der Waals surface area contributed by atoms with E-state index in [1.165, 1.54) is 0 Å². The number of amides is 2. The summed E-state index contributed by atoms with van der Waals surface area (Å²) < 4.78 is 0. The molecule has 0 aliphatic heterocycles. The quantitative estimate of drug-likeness (QED) is 0.574. The van der Waals surface area contributed by atoms with Crippen molar-refractivity contribution in [2.24, 2.45) is 17.6 Å². The number of rotatable bonds is 7. The van der Waals surface area contributed by atoms with Gasteiger partial charge >= 0.3 is 6.09 Å². The Morgan fingerprint density at radius 1 is 1.00 bits per heavy atom. The van der Waals surface area contributed by atoms with Crippen molar-refractivity contribution in [2.45, 2.75) is 32.2 Å². The molecule has 7 nitrogen and oxygen atoms in total. The predicted octanol–water partition coefficient (Wildman–Crippen LogP) is 3.01. The van der Waals surface area contributed by atoms with Crippen LogP contribution in [0, 0.1) is 11.8 Å². The number of carbonyl (C=O) groups is 2. The maximum atomic E-state index is 12.6. The minimum atomic E-state index is -0.966. The van der Waals surface area contributed by atoms with Crippen LogP contribution in [0.3, 0.4) is 0 Å². The summed E-state index contributed by atoms with van der Waals surface area (Å²) in [6.45, 7) is 1.65. The van der Waals surface area contributed by atoms with Gasteiger partial charge in [-0.2, -0.15) is 0 Å². The van der Waals surface area contributed by atoms with Crippen LogP contribution in [-0.4, -0.2) is 35.2 Å². The van der Waals surface area contributed by atoms with Crippen molar-refractivity contribution in [2.75, 3.05) is 13.1 Å². The van der Waals surface area contributed by atoms with Crippen LogP contribution < -0.4 is 16.4 Å². The van der Waals surface area contributed by atoms with Gasteiger partial charge in [0.15, 0.2) is 0 Å². The summed E-state index contributed by atoms with van der Waals surface area (Å²) in [5.74, 6) is 0.735. The number of aromatic nitrogens is 1. The van der Waals surface area contributed by atoms with Crippen LogP contribution in [0.2, 0.25) is 0 Å². The zero-order chi connectivity index (χ0) is 20.6. The number of nitrogens with two attached hydrogens (primary N) is 1. The summed E-state index contributed by atoms with van der Waals surface area (Å²) in [5, 5.41) is 14.2. The minimum absolute atomic E-state index is 0.0955. The van der Waals surface area contributed by atoms with E-state index in [2.05, 4.69) is 15.6 Å². The molecule has 0 radical (unpaired) electrons. The van der Waals surface area contributed by atoms with Gasteiger partial charge in [0, 0.05) is 37.0 Å². The highest BCUT2D eigenvalue weighted by molar-refractivity contribution is 5.95. The van der Waals surface area contributed by atoms with E-state index in [0.29, 0.717) is 37.0 Å². The number of carbonyl (C=O) groups excluding carboxylic acids is 1. The summed E-state index contributed by atoms with van der Waals surface area (Å²) in [4.78, 5) is 27.6. The summed E-state index contributed by atoms with van der Waals surface area (Å²) in [7, 11) is 0. The molecule has 2 aromatic rings. The maximum absolute atomic E-state index is 12.6. The minimum Gasteiger partial charge on any atom is -0.465 e. The molecule has 29 heavy (non-hydrogen) atoms. The lowest BCUT2D eigenvalue weighted by atomic mass is 9.82. The van der Waals surface area contributed by atoms with Gasteiger partial charge in [0.1, 0.15) is 0 Å². The number of pyridine rings is 1. The molecule has 1 aliphatic carbocycles. The van der Waals surface area contributed by atoms with E-state index in [9.17, 15) is 9.59 Å². The molecule has 1 aliphatic rings. The molecule has 1 aromatic carbocycles. The Morgan fingerprint density at radius 2 is 1.62 bits per heavy atom. The Kier molecular flexibility index (Phi) is 7.19. The molecule has 154 valence electrons. The number of hydrogen-bond acceptors (Lipinski definition) is 4. The molecule has 5 N–H and O–H groups in total. The Labute approximate surface area is 170 Å². The molecule has 0 bridgehead atoms.